The molecule has 3 heteroatoms. The van der Waals surface area contributed by atoms with E-state index in [9.17, 15) is 5.11 Å². The fraction of sp³-hybridized carbons (Fsp3) is 0.294. The van der Waals surface area contributed by atoms with Crippen molar-refractivity contribution >= 4 is 0 Å². The third kappa shape index (κ3) is 4.00. The van der Waals surface area contributed by atoms with Crippen molar-refractivity contribution in [1.29, 1.82) is 0 Å². The minimum Gasteiger partial charge on any atom is -0.490 e. The first-order valence-electron chi connectivity index (χ1n) is 6.89. The number of ether oxygens (including phenoxy) is 2. The number of para-hydroxylation sites is 2. The van der Waals surface area contributed by atoms with Crippen LogP contribution in [0.25, 0.3) is 0 Å². The summed E-state index contributed by atoms with van der Waals surface area (Å²) >= 11 is 0. The second-order valence-electron chi connectivity index (χ2n) is 4.44. The lowest BCUT2D eigenvalue weighted by atomic mass is 10.1. The van der Waals surface area contributed by atoms with Crippen LogP contribution in [0.2, 0.25) is 0 Å². The van der Waals surface area contributed by atoms with E-state index in [1.165, 1.54) is 0 Å². The first-order valence-corrected chi connectivity index (χ1v) is 6.89. The highest BCUT2D eigenvalue weighted by Crippen LogP contribution is 2.27. The van der Waals surface area contributed by atoms with Gasteiger partial charge in [-0.15, -0.1) is 0 Å². The Bertz CT molecular complexity index is 511. The molecule has 0 aromatic heterocycles. The SMILES string of the molecule is CCOc1ccccc1OCCC(O)c1ccccc1. The topological polar surface area (TPSA) is 38.7 Å². The molecule has 0 aliphatic rings. The third-order valence-corrected chi connectivity index (χ3v) is 2.98. The van der Waals surface area contributed by atoms with Gasteiger partial charge in [-0.2, -0.15) is 0 Å². The number of aliphatic hydroxyl groups excluding tert-OH is 1. The van der Waals surface area contributed by atoms with Crippen molar-refractivity contribution in [3.05, 3.63) is 60.2 Å². The summed E-state index contributed by atoms with van der Waals surface area (Å²) in [6, 6.07) is 17.2. The molecule has 0 bridgehead atoms. The Morgan fingerprint density at radius 2 is 1.50 bits per heavy atom. The highest BCUT2D eigenvalue weighted by atomic mass is 16.5. The molecule has 0 saturated carbocycles. The standard InChI is InChI=1S/C17H20O3/c1-2-19-16-10-6-7-11-17(16)20-13-12-15(18)14-8-4-3-5-9-14/h3-11,15,18H,2,12-13H2,1H3. The van der Waals surface area contributed by atoms with Crippen molar-refractivity contribution in [1.82, 2.24) is 0 Å². The summed E-state index contributed by atoms with van der Waals surface area (Å²) in [5.41, 5.74) is 0.911. The van der Waals surface area contributed by atoms with Gasteiger partial charge in [-0.3, -0.25) is 0 Å². The van der Waals surface area contributed by atoms with E-state index in [1.807, 2.05) is 61.5 Å². The first-order chi connectivity index (χ1) is 9.81. The zero-order valence-electron chi connectivity index (χ0n) is 11.7. The first kappa shape index (κ1) is 14.4. The maximum atomic E-state index is 10.1. The molecule has 2 rings (SSSR count). The summed E-state index contributed by atoms with van der Waals surface area (Å²) in [5.74, 6) is 1.46. The molecule has 3 nitrogen and oxygen atoms in total. The van der Waals surface area contributed by atoms with Crippen LogP contribution < -0.4 is 9.47 Å². The van der Waals surface area contributed by atoms with Crippen molar-refractivity contribution in [3.8, 4) is 11.5 Å². The molecule has 0 radical (unpaired) electrons. The Morgan fingerprint density at radius 1 is 0.900 bits per heavy atom. The Kier molecular flexibility index (Phi) is 5.44. The minimum atomic E-state index is -0.504. The Hall–Kier alpha value is -2.00. The second-order valence-corrected chi connectivity index (χ2v) is 4.44. The summed E-state index contributed by atoms with van der Waals surface area (Å²) in [6.07, 6.45) is 0.0419. The van der Waals surface area contributed by atoms with E-state index in [4.69, 9.17) is 9.47 Å². The molecule has 2 aromatic carbocycles. The van der Waals surface area contributed by atoms with Crippen molar-refractivity contribution < 1.29 is 14.6 Å². The predicted octanol–water partition coefficient (Wildman–Crippen LogP) is 3.59. The van der Waals surface area contributed by atoms with Gasteiger partial charge in [0.2, 0.25) is 0 Å². The van der Waals surface area contributed by atoms with Crippen LogP contribution in [-0.2, 0) is 0 Å². The lowest BCUT2D eigenvalue weighted by Gasteiger charge is -2.14. The van der Waals surface area contributed by atoms with Crippen LogP contribution in [0.15, 0.2) is 54.6 Å². The van der Waals surface area contributed by atoms with Gasteiger partial charge in [-0.1, -0.05) is 42.5 Å². The van der Waals surface area contributed by atoms with Gasteiger partial charge in [0.25, 0.3) is 0 Å². The molecule has 0 heterocycles. The summed E-state index contributed by atoms with van der Waals surface area (Å²) in [6.45, 7) is 2.99. The van der Waals surface area contributed by atoms with Crippen LogP contribution in [0, 0.1) is 0 Å². The van der Waals surface area contributed by atoms with Gasteiger partial charge in [0, 0.05) is 6.42 Å². The second kappa shape index (κ2) is 7.56. The maximum Gasteiger partial charge on any atom is 0.161 e. The number of benzene rings is 2. The summed E-state index contributed by atoms with van der Waals surface area (Å²) in [7, 11) is 0. The summed E-state index contributed by atoms with van der Waals surface area (Å²) in [4.78, 5) is 0. The van der Waals surface area contributed by atoms with Crippen molar-refractivity contribution in [2.45, 2.75) is 19.4 Å². The van der Waals surface area contributed by atoms with E-state index in [0.717, 1.165) is 17.1 Å². The molecule has 106 valence electrons. The van der Waals surface area contributed by atoms with Gasteiger partial charge in [0.15, 0.2) is 11.5 Å². The predicted molar refractivity (Wildman–Crippen MR) is 79.1 cm³/mol. The fourth-order valence-electron chi connectivity index (χ4n) is 1.97. The molecule has 0 spiro atoms. The van der Waals surface area contributed by atoms with Crippen molar-refractivity contribution in [2.24, 2.45) is 0 Å². The summed E-state index contributed by atoms with van der Waals surface area (Å²) < 4.78 is 11.2. The molecular weight excluding hydrogens is 252 g/mol. The number of hydrogen-bond acceptors (Lipinski definition) is 3. The van der Waals surface area contributed by atoms with Gasteiger partial charge in [-0.25, -0.2) is 0 Å². The van der Waals surface area contributed by atoms with Gasteiger partial charge in [-0.05, 0) is 24.6 Å². The van der Waals surface area contributed by atoms with Gasteiger partial charge in [0.1, 0.15) is 0 Å². The zero-order valence-corrected chi connectivity index (χ0v) is 11.7. The molecule has 1 atom stereocenters. The monoisotopic (exact) mass is 272 g/mol. The molecule has 20 heavy (non-hydrogen) atoms. The molecule has 1 N–H and O–H groups in total. The van der Waals surface area contributed by atoms with E-state index in [2.05, 4.69) is 0 Å². The smallest absolute Gasteiger partial charge is 0.161 e. The highest BCUT2D eigenvalue weighted by Gasteiger charge is 2.08. The van der Waals surface area contributed by atoms with Gasteiger partial charge >= 0.3 is 0 Å². The van der Waals surface area contributed by atoms with E-state index < -0.39 is 6.10 Å². The molecule has 1 unspecified atom stereocenters. The molecule has 0 fully saturated rings. The summed E-state index contributed by atoms with van der Waals surface area (Å²) in [5, 5.41) is 10.1. The lowest BCUT2D eigenvalue weighted by Crippen LogP contribution is -2.06. The zero-order chi connectivity index (χ0) is 14.2. The van der Waals surface area contributed by atoms with E-state index in [-0.39, 0.29) is 0 Å². The molecule has 0 amide bonds. The third-order valence-electron chi connectivity index (χ3n) is 2.98. The minimum absolute atomic E-state index is 0.445. The number of hydrogen-bond donors (Lipinski definition) is 1. The Morgan fingerprint density at radius 3 is 2.15 bits per heavy atom. The largest absolute Gasteiger partial charge is 0.490 e. The van der Waals surface area contributed by atoms with Gasteiger partial charge < -0.3 is 14.6 Å². The van der Waals surface area contributed by atoms with Crippen LogP contribution in [0.3, 0.4) is 0 Å². The fourth-order valence-corrected chi connectivity index (χ4v) is 1.97. The van der Waals surface area contributed by atoms with E-state index >= 15 is 0 Å². The highest BCUT2D eigenvalue weighted by molar-refractivity contribution is 5.39. The molecule has 0 aliphatic carbocycles. The average molecular weight is 272 g/mol. The molecule has 2 aromatic rings. The van der Waals surface area contributed by atoms with E-state index in [0.29, 0.717) is 19.6 Å². The molecule has 0 saturated heterocycles. The molecular formula is C17H20O3. The van der Waals surface area contributed by atoms with Crippen LogP contribution >= 0.6 is 0 Å². The average Bonchev–Trinajstić information content (AvgIpc) is 2.50. The quantitative estimate of drug-likeness (QED) is 0.837. The number of rotatable bonds is 7. The van der Waals surface area contributed by atoms with Crippen LogP contribution in [-0.4, -0.2) is 18.3 Å². The van der Waals surface area contributed by atoms with Crippen LogP contribution in [0.5, 0.6) is 11.5 Å². The molecule has 0 aliphatic heterocycles. The van der Waals surface area contributed by atoms with Crippen LogP contribution in [0.4, 0.5) is 0 Å². The lowest BCUT2D eigenvalue weighted by molar-refractivity contribution is 0.139. The van der Waals surface area contributed by atoms with Gasteiger partial charge in [0.05, 0.1) is 19.3 Å². The Balaban J connectivity index is 1.87. The number of aliphatic hydroxyl groups is 1. The van der Waals surface area contributed by atoms with Crippen molar-refractivity contribution in [3.63, 3.8) is 0 Å². The van der Waals surface area contributed by atoms with Crippen molar-refractivity contribution in [2.75, 3.05) is 13.2 Å². The van der Waals surface area contributed by atoms with Crippen LogP contribution in [0.1, 0.15) is 25.0 Å². The van der Waals surface area contributed by atoms with E-state index in [1.54, 1.807) is 0 Å². The maximum absolute atomic E-state index is 10.1. The normalized spacial score (nSPS) is 11.9. The Labute approximate surface area is 119 Å².